The minimum atomic E-state index is 0.746. The summed E-state index contributed by atoms with van der Waals surface area (Å²) in [5, 5.41) is 13.5. The maximum absolute atomic E-state index is 4.44. The lowest BCUT2D eigenvalue weighted by Gasteiger charge is -2.03. The number of hydrogen-bond donors (Lipinski definition) is 0. The van der Waals surface area contributed by atoms with Crippen molar-refractivity contribution in [3.63, 3.8) is 0 Å². The molecule has 0 saturated heterocycles. The Kier molecular flexibility index (Phi) is 5.19. The van der Waals surface area contributed by atoms with E-state index in [1.807, 2.05) is 37.3 Å². The Morgan fingerprint density at radius 1 is 1.17 bits per heavy atom. The van der Waals surface area contributed by atoms with Gasteiger partial charge in [-0.15, -0.1) is 10.2 Å². The van der Waals surface area contributed by atoms with Gasteiger partial charge < -0.3 is 0 Å². The predicted molar refractivity (Wildman–Crippen MR) is 95.7 cm³/mol. The largest absolute Gasteiger partial charge is 0.255 e. The summed E-state index contributed by atoms with van der Waals surface area (Å²) in [6.07, 6.45) is 3.45. The van der Waals surface area contributed by atoms with Crippen molar-refractivity contribution in [3.05, 3.63) is 70.2 Å². The molecule has 0 aliphatic carbocycles. The molecule has 0 amide bonds. The van der Waals surface area contributed by atoms with Crippen molar-refractivity contribution in [1.82, 2.24) is 19.9 Å². The number of rotatable bonds is 5. The molecule has 116 valence electrons. The lowest BCUT2D eigenvalue weighted by atomic mass is 10.2. The van der Waals surface area contributed by atoms with Crippen LogP contribution in [0, 0.1) is 6.92 Å². The molecule has 0 saturated carbocycles. The summed E-state index contributed by atoms with van der Waals surface area (Å²) < 4.78 is 2.81. The van der Waals surface area contributed by atoms with E-state index >= 15 is 0 Å². The minimum absolute atomic E-state index is 0.746. The molecule has 0 radical (unpaired) electrons. The fraction of sp³-hybridized carbons (Fsp3) is 0.125. The van der Waals surface area contributed by atoms with E-state index < -0.39 is 0 Å². The Morgan fingerprint density at radius 3 is 2.74 bits per heavy atom. The van der Waals surface area contributed by atoms with Crippen molar-refractivity contribution in [2.45, 2.75) is 17.8 Å². The molecule has 0 atom stereocenters. The summed E-state index contributed by atoms with van der Waals surface area (Å²) in [5.41, 5.74) is 2.02. The van der Waals surface area contributed by atoms with E-state index in [0.29, 0.717) is 0 Å². The Bertz CT molecular complexity index is 799. The Balaban J connectivity index is 1.73. The third-order valence-electron chi connectivity index (χ3n) is 3.04. The number of aromatic nitrogens is 4. The molecule has 0 aliphatic rings. The van der Waals surface area contributed by atoms with Gasteiger partial charge in [0.2, 0.25) is 5.16 Å². The number of benzene rings is 1. The maximum Gasteiger partial charge on any atom is 0.212 e. The van der Waals surface area contributed by atoms with Gasteiger partial charge in [-0.3, -0.25) is 4.98 Å². The van der Waals surface area contributed by atoms with Crippen LogP contribution in [0.25, 0.3) is 0 Å². The molecular weight excluding hydrogens is 374 g/mol. The molecule has 0 aliphatic heterocycles. The van der Waals surface area contributed by atoms with Gasteiger partial charge in [0.15, 0.2) is 5.82 Å². The van der Waals surface area contributed by atoms with Crippen molar-refractivity contribution in [3.8, 4) is 0 Å². The molecule has 0 spiro atoms. The number of pyridine rings is 1. The molecule has 23 heavy (non-hydrogen) atoms. The molecule has 2 heterocycles. The van der Waals surface area contributed by atoms with Gasteiger partial charge in [-0.2, -0.15) is 9.78 Å². The molecule has 2 aromatic heterocycles. The fourth-order valence-corrected chi connectivity index (χ4v) is 3.01. The molecule has 5 nitrogen and oxygen atoms in total. The van der Waals surface area contributed by atoms with Crippen LogP contribution in [-0.2, 0) is 5.75 Å². The molecule has 3 aromatic rings. The van der Waals surface area contributed by atoms with E-state index in [4.69, 9.17) is 0 Å². The summed E-state index contributed by atoms with van der Waals surface area (Å²) in [7, 11) is 0. The lowest BCUT2D eigenvalue weighted by molar-refractivity contribution is 0.743. The standard InChI is InChI=1S/C16H14BrN5S/c1-12-20-21-16(23-11-13-5-7-14(17)8-6-13)22(12)19-10-15-4-2-3-9-18-15/h2-10H,11H2,1H3/b19-10-. The second kappa shape index (κ2) is 7.52. The second-order valence-corrected chi connectivity index (χ2v) is 6.61. The Morgan fingerprint density at radius 2 is 2.00 bits per heavy atom. The van der Waals surface area contributed by atoms with Crippen LogP contribution in [0.3, 0.4) is 0 Å². The molecule has 3 rings (SSSR count). The first-order chi connectivity index (χ1) is 11.2. The molecule has 0 fully saturated rings. The summed E-state index contributed by atoms with van der Waals surface area (Å²) in [6, 6.07) is 13.9. The van der Waals surface area contributed by atoms with Crippen LogP contribution in [0.15, 0.2) is 63.4 Å². The van der Waals surface area contributed by atoms with Crippen molar-refractivity contribution in [2.75, 3.05) is 0 Å². The van der Waals surface area contributed by atoms with Crippen LogP contribution in [0.2, 0.25) is 0 Å². The highest BCUT2D eigenvalue weighted by Gasteiger charge is 2.08. The molecular formula is C16H14BrN5S. The topological polar surface area (TPSA) is 56.0 Å². The van der Waals surface area contributed by atoms with Crippen molar-refractivity contribution in [1.29, 1.82) is 0 Å². The van der Waals surface area contributed by atoms with Crippen LogP contribution in [-0.4, -0.2) is 26.1 Å². The Labute approximate surface area is 147 Å². The summed E-state index contributed by atoms with van der Waals surface area (Å²) in [4.78, 5) is 4.22. The normalized spacial score (nSPS) is 11.2. The summed E-state index contributed by atoms with van der Waals surface area (Å²) >= 11 is 5.04. The van der Waals surface area contributed by atoms with Crippen molar-refractivity contribution in [2.24, 2.45) is 5.10 Å². The lowest BCUT2D eigenvalue weighted by Crippen LogP contribution is -1.97. The third-order valence-corrected chi connectivity index (χ3v) is 4.56. The van der Waals surface area contributed by atoms with Gasteiger partial charge in [0, 0.05) is 16.4 Å². The number of nitrogens with zero attached hydrogens (tertiary/aromatic N) is 5. The molecule has 0 bridgehead atoms. The average molecular weight is 388 g/mol. The van der Waals surface area contributed by atoms with E-state index in [1.54, 1.807) is 28.8 Å². The zero-order chi connectivity index (χ0) is 16.1. The molecule has 0 N–H and O–H groups in total. The first-order valence-electron chi connectivity index (χ1n) is 6.97. The van der Waals surface area contributed by atoms with Gasteiger partial charge in [-0.25, -0.2) is 0 Å². The van der Waals surface area contributed by atoms with Crippen LogP contribution in [0.5, 0.6) is 0 Å². The summed E-state index contributed by atoms with van der Waals surface area (Å²) in [6.45, 7) is 1.88. The van der Waals surface area contributed by atoms with E-state index in [9.17, 15) is 0 Å². The van der Waals surface area contributed by atoms with Gasteiger partial charge in [-0.05, 0) is 36.8 Å². The van der Waals surface area contributed by atoms with Crippen LogP contribution in [0.4, 0.5) is 0 Å². The zero-order valence-corrected chi connectivity index (χ0v) is 14.8. The molecule has 1 aromatic carbocycles. The van der Waals surface area contributed by atoms with E-state index in [0.717, 1.165) is 26.9 Å². The smallest absolute Gasteiger partial charge is 0.212 e. The summed E-state index contributed by atoms with van der Waals surface area (Å²) in [5.74, 6) is 1.56. The van der Waals surface area contributed by atoms with Crippen LogP contribution < -0.4 is 0 Å². The van der Waals surface area contributed by atoms with E-state index in [2.05, 4.69) is 48.3 Å². The SMILES string of the molecule is Cc1nnc(SCc2ccc(Br)cc2)n1/N=C\c1ccccn1. The number of aryl methyl sites for hydroxylation is 1. The van der Waals surface area contributed by atoms with Crippen molar-refractivity contribution < 1.29 is 0 Å². The van der Waals surface area contributed by atoms with Gasteiger partial charge in [-0.1, -0.05) is 45.9 Å². The van der Waals surface area contributed by atoms with Gasteiger partial charge in [0.05, 0.1) is 11.9 Å². The van der Waals surface area contributed by atoms with E-state index in [1.165, 1.54) is 5.56 Å². The fourth-order valence-electron chi connectivity index (χ4n) is 1.86. The molecule has 0 unspecified atom stereocenters. The Hall–Kier alpha value is -1.99. The first-order valence-corrected chi connectivity index (χ1v) is 8.75. The number of halogens is 1. The highest BCUT2D eigenvalue weighted by molar-refractivity contribution is 9.10. The third kappa shape index (κ3) is 4.27. The zero-order valence-electron chi connectivity index (χ0n) is 12.4. The maximum atomic E-state index is 4.44. The van der Waals surface area contributed by atoms with Gasteiger partial charge in [0.25, 0.3) is 0 Å². The monoisotopic (exact) mass is 387 g/mol. The highest BCUT2D eigenvalue weighted by atomic mass is 79.9. The molecule has 7 heteroatoms. The van der Waals surface area contributed by atoms with Gasteiger partial charge >= 0.3 is 0 Å². The number of thioether (sulfide) groups is 1. The quantitative estimate of drug-likeness (QED) is 0.491. The van der Waals surface area contributed by atoms with Crippen LogP contribution in [0.1, 0.15) is 17.1 Å². The first kappa shape index (κ1) is 15.9. The highest BCUT2D eigenvalue weighted by Crippen LogP contribution is 2.22. The second-order valence-electron chi connectivity index (χ2n) is 4.76. The van der Waals surface area contributed by atoms with E-state index in [-0.39, 0.29) is 0 Å². The minimum Gasteiger partial charge on any atom is -0.255 e. The van der Waals surface area contributed by atoms with Gasteiger partial charge in [0.1, 0.15) is 0 Å². The predicted octanol–water partition coefficient (Wildman–Crippen LogP) is 3.92. The van der Waals surface area contributed by atoms with Crippen molar-refractivity contribution >= 4 is 33.9 Å². The number of hydrogen-bond acceptors (Lipinski definition) is 5. The van der Waals surface area contributed by atoms with Crippen LogP contribution >= 0.6 is 27.7 Å². The average Bonchev–Trinajstić information content (AvgIpc) is 2.93.